The third-order valence-corrected chi connectivity index (χ3v) is 5.62. The van der Waals surface area contributed by atoms with Gasteiger partial charge in [-0.3, -0.25) is 4.57 Å². The maximum Gasteiger partial charge on any atom is 0.202 e. The number of hydrogen-bond donors (Lipinski definition) is 2. The summed E-state index contributed by atoms with van der Waals surface area (Å²) in [6.45, 7) is 2.53. The van der Waals surface area contributed by atoms with Gasteiger partial charge < -0.3 is 14.9 Å². The van der Waals surface area contributed by atoms with Crippen molar-refractivity contribution in [3.8, 4) is 23.2 Å². The van der Waals surface area contributed by atoms with Gasteiger partial charge in [0.25, 0.3) is 0 Å². The largest absolute Gasteiger partial charge is 0.494 e. The van der Waals surface area contributed by atoms with Gasteiger partial charge in [-0.2, -0.15) is 0 Å². The topological polar surface area (TPSA) is 54.6 Å². The number of hydrogen-bond acceptors (Lipinski definition) is 3. The number of nitrogens with zero attached hydrogens (tertiary/aromatic N) is 1. The minimum Gasteiger partial charge on any atom is -0.494 e. The summed E-state index contributed by atoms with van der Waals surface area (Å²) in [5.74, 6) is 1.38. The predicted octanol–water partition coefficient (Wildman–Crippen LogP) is 4.92. The molecule has 2 unspecified atom stereocenters. The molecule has 0 fully saturated rings. The number of allylic oxidation sites excluding steroid dienone is 2. The molecular formula is C23H21NO3. The van der Waals surface area contributed by atoms with Crippen LogP contribution in [-0.4, -0.2) is 14.8 Å². The van der Waals surface area contributed by atoms with Gasteiger partial charge in [0.1, 0.15) is 12.4 Å². The van der Waals surface area contributed by atoms with Gasteiger partial charge in [-0.15, -0.1) is 0 Å². The van der Waals surface area contributed by atoms with Crippen LogP contribution in [-0.2, 0) is 6.61 Å². The molecule has 2 bridgehead atoms. The predicted molar refractivity (Wildman–Crippen MR) is 104 cm³/mol. The highest BCUT2D eigenvalue weighted by molar-refractivity contribution is 5.62. The van der Waals surface area contributed by atoms with E-state index in [0.29, 0.717) is 18.0 Å². The Morgan fingerprint density at radius 2 is 1.63 bits per heavy atom. The van der Waals surface area contributed by atoms with E-state index in [4.69, 9.17) is 4.74 Å². The summed E-state index contributed by atoms with van der Waals surface area (Å²) in [6, 6.07) is 15.7. The first kappa shape index (κ1) is 16.1. The zero-order valence-electron chi connectivity index (χ0n) is 15.1. The Labute approximate surface area is 158 Å². The molecule has 0 radical (unpaired) electrons. The normalized spacial score (nSPS) is 19.4. The summed E-state index contributed by atoms with van der Waals surface area (Å²) in [6.07, 6.45) is 5.20. The van der Waals surface area contributed by atoms with Gasteiger partial charge in [0.15, 0.2) is 0 Å². The summed E-state index contributed by atoms with van der Waals surface area (Å²) in [7, 11) is 0. The van der Waals surface area contributed by atoms with E-state index in [1.54, 1.807) is 0 Å². The Kier molecular flexibility index (Phi) is 3.54. The summed E-state index contributed by atoms with van der Waals surface area (Å²) < 4.78 is 7.44. The van der Waals surface area contributed by atoms with Crippen LogP contribution >= 0.6 is 0 Å². The maximum absolute atomic E-state index is 10.8. The van der Waals surface area contributed by atoms with Crippen LogP contribution in [0.4, 0.5) is 0 Å². The second kappa shape index (κ2) is 5.95. The SMILES string of the molecule is Cc1ccc(COc2cccc(-n3c(O)c4c(c3O)C3C=CC4C3)c2)cc1. The Morgan fingerprint density at radius 1 is 0.963 bits per heavy atom. The van der Waals surface area contributed by atoms with E-state index in [1.165, 1.54) is 10.1 Å². The van der Waals surface area contributed by atoms with Crippen molar-refractivity contribution in [3.63, 3.8) is 0 Å². The zero-order valence-corrected chi connectivity index (χ0v) is 15.1. The molecule has 2 atom stereocenters. The van der Waals surface area contributed by atoms with E-state index in [1.807, 2.05) is 24.3 Å². The number of benzene rings is 2. The molecule has 0 spiro atoms. The van der Waals surface area contributed by atoms with Crippen molar-refractivity contribution in [1.29, 1.82) is 0 Å². The lowest BCUT2D eigenvalue weighted by Gasteiger charge is -2.12. The van der Waals surface area contributed by atoms with Crippen molar-refractivity contribution in [2.75, 3.05) is 0 Å². The van der Waals surface area contributed by atoms with Crippen molar-refractivity contribution in [3.05, 3.63) is 82.9 Å². The molecule has 1 heterocycles. The molecule has 136 valence electrons. The third kappa shape index (κ3) is 2.52. The summed E-state index contributed by atoms with van der Waals surface area (Å²) >= 11 is 0. The lowest BCUT2D eigenvalue weighted by molar-refractivity contribution is 0.306. The van der Waals surface area contributed by atoms with E-state index < -0.39 is 0 Å². The average Bonchev–Trinajstić information content (AvgIpc) is 3.35. The fourth-order valence-corrected chi connectivity index (χ4v) is 4.25. The number of rotatable bonds is 4. The average molecular weight is 359 g/mol. The molecule has 0 saturated heterocycles. The maximum atomic E-state index is 10.8. The fraction of sp³-hybridized carbons (Fsp3) is 0.217. The van der Waals surface area contributed by atoms with Gasteiger partial charge in [-0.25, -0.2) is 0 Å². The molecule has 4 nitrogen and oxygen atoms in total. The zero-order chi connectivity index (χ0) is 18.5. The van der Waals surface area contributed by atoms with Crippen LogP contribution in [0.5, 0.6) is 17.5 Å². The molecule has 4 heteroatoms. The van der Waals surface area contributed by atoms with Gasteiger partial charge in [0, 0.05) is 29.0 Å². The molecule has 2 aromatic carbocycles. The summed E-state index contributed by atoms with van der Waals surface area (Å²) in [5.41, 5.74) is 4.74. The van der Waals surface area contributed by atoms with Gasteiger partial charge in [-0.1, -0.05) is 48.0 Å². The van der Waals surface area contributed by atoms with Crippen molar-refractivity contribution in [2.45, 2.75) is 31.8 Å². The quantitative estimate of drug-likeness (QED) is 0.650. The van der Waals surface area contributed by atoms with Crippen LogP contribution in [0.3, 0.4) is 0 Å². The third-order valence-electron chi connectivity index (χ3n) is 5.62. The van der Waals surface area contributed by atoms with Crippen LogP contribution < -0.4 is 4.74 Å². The Morgan fingerprint density at radius 3 is 2.30 bits per heavy atom. The van der Waals surface area contributed by atoms with E-state index >= 15 is 0 Å². The van der Waals surface area contributed by atoms with Crippen molar-refractivity contribution in [1.82, 2.24) is 4.57 Å². The second-order valence-corrected chi connectivity index (χ2v) is 7.42. The molecule has 0 aliphatic heterocycles. The minimum atomic E-state index is 0.134. The molecule has 2 aliphatic rings. The van der Waals surface area contributed by atoms with Gasteiger partial charge in [0.2, 0.25) is 11.8 Å². The standard InChI is InChI=1S/C23H21NO3/c1-14-5-7-15(8-6-14)13-27-19-4-2-3-18(12-19)24-22(25)20-16-9-10-17(11-16)21(20)23(24)26/h2-10,12,16-17,25-26H,11,13H2,1H3. The van der Waals surface area contributed by atoms with Crippen LogP contribution in [0.15, 0.2) is 60.7 Å². The van der Waals surface area contributed by atoms with E-state index in [-0.39, 0.29) is 23.6 Å². The Bertz CT molecular complexity index is 1010. The first-order chi connectivity index (χ1) is 13.1. The number of aromatic nitrogens is 1. The highest BCUT2D eigenvalue weighted by atomic mass is 16.5. The molecule has 3 aromatic rings. The number of fused-ring (bicyclic) bond motifs is 5. The van der Waals surface area contributed by atoms with E-state index in [9.17, 15) is 10.2 Å². The van der Waals surface area contributed by atoms with E-state index in [2.05, 4.69) is 43.3 Å². The number of aromatic hydroxyl groups is 2. The van der Waals surface area contributed by atoms with Gasteiger partial charge >= 0.3 is 0 Å². The van der Waals surface area contributed by atoms with Gasteiger partial charge in [-0.05, 0) is 31.0 Å². The highest BCUT2D eigenvalue weighted by Crippen LogP contribution is 2.57. The highest BCUT2D eigenvalue weighted by Gasteiger charge is 2.41. The number of ether oxygens (including phenoxy) is 1. The van der Waals surface area contributed by atoms with Crippen LogP contribution in [0, 0.1) is 6.92 Å². The molecule has 27 heavy (non-hydrogen) atoms. The van der Waals surface area contributed by atoms with Crippen LogP contribution in [0.2, 0.25) is 0 Å². The molecular weight excluding hydrogens is 338 g/mol. The van der Waals surface area contributed by atoms with Crippen LogP contribution in [0.1, 0.15) is 40.5 Å². The van der Waals surface area contributed by atoms with E-state index in [0.717, 1.165) is 23.1 Å². The first-order valence-electron chi connectivity index (χ1n) is 9.25. The molecule has 5 rings (SSSR count). The van der Waals surface area contributed by atoms with Crippen molar-refractivity contribution >= 4 is 0 Å². The molecule has 0 saturated carbocycles. The number of aryl methyl sites for hydroxylation is 1. The van der Waals surface area contributed by atoms with Crippen molar-refractivity contribution < 1.29 is 14.9 Å². The Hall–Kier alpha value is -3.14. The van der Waals surface area contributed by atoms with Crippen molar-refractivity contribution in [2.24, 2.45) is 0 Å². The smallest absolute Gasteiger partial charge is 0.202 e. The molecule has 1 aromatic heterocycles. The molecule has 0 amide bonds. The lowest BCUT2D eigenvalue weighted by atomic mass is 10.0. The minimum absolute atomic E-state index is 0.134. The summed E-state index contributed by atoms with van der Waals surface area (Å²) in [4.78, 5) is 0. The monoisotopic (exact) mass is 359 g/mol. The second-order valence-electron chi connectivity index (χ2n) is 7.42. The Balaban J connectivity index is 1.44. The van der Waals surface area contributed by atoms with Gasteiger partial charge in [0.05, 0.1) is 5.69 Å². The fourth-order valence-electron chi connectivity index (χ4n) is 4.25. The lowest BCUT2D eigenvalue weighted by Crippen LogP contribution is -1.98. The first-order valence-corrected chi connectivity index (χ1v) is 9.25. The van der Waals surface area contributed by atoms with Crippen LogP contribution in [0.25, 0.3) is 5.69 Å². The summed E-state index contributed by atoms with van der Waals surface area (Å²) in [5, 5.41) is 21.5. The molecule has 2 N–H and O–H groups in total. The molecule has 2 aliphatic carbocycles.